The number of hydrogen-bond acceptors (Lipinski definition) is 3. The van der Waals surface area contributed by atoms with Gasteiger partial charge in [0.15, 0.2) is 0 Å². The summed E-state index contributed by atoms with van der Waals surface area (Å²) in [6, 6.07) is 8.46. The number of amides is 1. The van der Waals surface area contributed by atoms with Gasteiger partial charge in [-0.05, 0) is 57.0 Å². The van der Waals surface area contributed by atoms with Gasteiger partial charge in [0.05, 0.1) is 13.2 Å². The Balaban J connectivity index is 1.68. The molecule has 2 aliphatic rings. The van der Waals surface area contributed by atoms with Crippen molar-refractivity contribution in [3.8, 4) is 5.75 Å². The molecular weight excluding hydrogens is 300 g/mol. The Morgan fingerprint density at radius 2 is 1.92 bits per heavy atom. The standard InChI is InChI=1S/C20H30N2O2/c1-22-14-6-3-7-18(22)19(23)21-15-20(12-4-5-13-20)16-8-10-17(24-2)11-9-16/h8-11,18H,3-7,12-15H2,1-2H3,(H,21,23)/t18-/m0/s1. The fourth-order valence-corrected chi connectivity index (χ4v) is 4.34. The zero-order valence-electron chi connectivity index (χ0n) is 15.0. The second-order valence-corrected chi connectivity index (χ2v) is 7.43. The maximum Gasteiger partial charge on any atom is 0.237 e. The Morgan fingerprint density at radius 1 is 1.21 bits per heavy atom. The first-order valence-electron chi connectivity index (χ1n) is 9.27. The van der Waals surface area contributed by atoms with E-state index in [0.717, 1.165) is 44.5 Å². The van der Waals surface area contributed by atoms with Gasteiger partial charge in [0.25, 0.3) is 0 Å². The largest absolute Gasteiger partial charge is 0.497 e. The molecule has 1 aromatic rings. The monoisotopic (exact) mass is 330 g/mol. The van der Waals surface area contributed by atoms with Gasteiger partial charge in [0.2, 0.25) is 5.91 Å². The van der Waals surface area contributed by atoms with Crippen molar-refractivity contribution in [1.82, 2.24) is 10.2 Å². The Hall–Kier alpha value is -1.55. The van der Waals surface area contributed by atoms with E-state index >= 15 is 0 Å². The number of hydrogen-bond donors (Lipinski definition) is 1. The fourth-order valence-electron chi connectivity index (χ4n) is 4.34. The molecule has 4 nitrogen and oxygen atoms in total. The highest BCUT2D eigenvalue weighted by molar-refractivity contribution is 5.81. The first-order chi connectivity index (χ1) is 11.6. The van der Waals surface area contributed by atoms with Crippen molar-refractivity contribution in [1.29, 1.82) is 0 Å². The number of methoxy groups -OCH3 is 1. The van der Waals surface area contributed by atoms with E-state index in [4.69, 9.17) is 4.74 Å². The molecule has 132 valence electrons. The molecule has 1 heterocycles. The molecule has 4 heteroatoms. The summed E-state index contributed by atoms with van der Waals surface area (Å²) in [6.45, 7) is 1.78. The molecule has 0 spiro atoms. The highest BCUT2D eigenvalue weighted by atomic mass is 16.5. The topological polar surface area (TPSA) is 41.6 Å². The van der Waals surface area contributed by atoms with Gasteiger partial charge in [-0.1, -0.05) is 31.4 Å². The van der Waals surface area contributed by atoms with Crippen molar-refractivity contribution in [2.75, 3.05) is 27.2 Å². The van der Waals surface area contributed by atoms with Crippen LogP contribution in [0.2, 0.25) is 0 Å². The summed E-state index contributed by atoms with van der Waals surface area (Å²) in [5.74, 6) is 1.09. The first kappa shape index (κ1) is 17.3. The highest BCUT2D eigenvalue weighted by Crippen LogP contribution is 2.41. The van der Waals surface area contributed by atoms with E-state index in [-0.39, 0.29) is 17.4 Å². The van der Waals surface area contributed by atoms with Crippen molar-refractivity contribution in [2.45, 2.75) is 56.4 Å². The van der Waals surface area contributed by atoms with Gasteiger partial charge >= 0.3 is 0 Å². The van der Waals surface area contributed by atoms with Gasteiger partial charge in [-0.3, -0.25) is 9.69 Å². The number of ether oxygens (including phenoxy) is 1. The number of carbonyl (C=O) groups excluding carboxylic acids is 1. The lowest BCUT2D eigenvalue weighted by molar-refractivity contribution is -0.127. The number of likely N-dealkylation sites (N-methyl/N-ethyl adjacent to an activating group) is 1. The van der Waals surface area contributed by atoms with Crippen LogP contribution in [0.25, 0.3) is 0 Å². The van der Waals surface area contributed by atoms with Gasteiger partial charge in [-0.2, -0.15) is 0 Å². The maximum atomic E-state index is 12.7. The molecule has 1 atom stereocenters. The van der Waals surface area contributed by atoms with Crippen molar-refractivity contribution in [2.24, 2.45) is 0 Å². The Bertz CT molecular complexity index is 549. The van der Waals surface area contributed by atoms with E-state index in [0.29, 0.717) is 0 Å². The van der Waals surface area contributed by atoms with Gasteiger partial charge in [0, 0.05) is 12.0 Å². The minimum atomic E-state index is 0.0491. The van der Waals surface area contributed by atoms with E-state index in [1.807, 2.05) is 12.1 Å². The SMILES string of the molecule is COc1ccc(C2(CNC(=O)[C@@H]3CCCCN3C)CCCC2)cc1. The minimum Gasteiger partial charge on any atom is -0.497 e. The molecule has 1 aromatic carbocycles. The molecule has 0 bridgehead atoms. The quantitative estimate of drug-likeness (QED) is 0.902. The van der Waals surface area contributed by atoms with Crippen molar-refractivity contribution < 1.29 is 9.53 Å². The van der Waals surface area contributed by atoms with E-state index in [1.54, 1.807) is 7.11 Å². The lowest BCUT2D eigenvalue weighted by Gasteiger charge is -2.34. The number of rotatable bonds is 5. The molecule has 0 aromatic heterocycles. The van der Waals surface area contributed by atoms with Gasteiger partial charge < -0.3 is 10.1 Å². The first-order valence-corrected chi connectivity index (χ1v) is 9.27. The van der Waals surface area contributed by atoms with Crippen molar-refractivity contribution in [3.63, 3.8) is 0 Å². The summed E-state index contributed by atoms with van der Waals surface area (Å²) in [7, 11) is 3.76. The van der Waals surface area contributed by atoms with Crippen LogP contribution in [-0.2, 0) is 10.2 Å². The third-order valence-corrected chi connectivity index (χ3v) is 5.94. The van der Waals surface area contributed by atoms with Crippen molar-refractivity contribution >= 4 is 5.91 Å². The van der Waals surface area contributed by atoms with Crippen LogP contribution in [0, 0.1) is 0 Å². The summed E-state index contributed by atoms with van der Waals surface area (Å²) < 4.78 is 5.28. The third-order valence-electron chi connectivity index (χ3n) is 5.94. The number of nitrogens with zero attached hydrogens (tertiary/aromatic N) is 1. The van der Waals surface area contributed by atoms with Gasteiger partial charge in [-0.25, -0.2) is 0 Å². The normalized spacial score (nSPS) is 23.8. The average molecular weight is 330 g/mol. The summed E-state index contributed by atoms with van der Waals surface area (Å²) in [5, 5.41) is 3.28. The molecule has 1 saturated carbocycles. The molecule has 0 unspecified atom stereocenters. The molecular formula is C20H30N2O2. The Labute approximate surface area is 145 Å². The molecule has 3 rings (SSSR count). The maximum absolute atomic E-state index is 12.7. The molecule has 1 N–H and O–H groups in total. The van der Waals surface area contributed by atoms with E-state index < -0.39 is 0 Å². The average Bonchev–Trinajstić information content (AvgIpc) is 3.10. The lowest BCUT2D eigenvalue weighted by Crippen LogP contribution is -2.50. The molecule has 1 aliphatic carbocycles. The summed E-state index contributed by atoms with van der Waals surface area (Å²) in [6.07, 6.45) is 8.14. The number of nitrogens with one attached hydrogen (secondary N) is 1. The van der Waals surface area contributed by atoms with Crippen LogP contribution >= 0.6 is 0 Å². The molecule has 24 heavy (non-hydrogen) atoms. The van der Waals surface area contributed by atoms with E-state index in [1.165, 1.54) is 24.8 Å². The summed E-state index contributed by atoms with van der Waals surface area (Å²) in [4.78, 5) is 14.9. The predicted octanol–water partition coefficient (Wildman–Crippen LogP) is 3.11. The number of likely N-dealkylation sites (tertiary alicyclic amines) is 1. The zero-order valence-corrected chi connectivity index (χ0v) is 15.0. The van der Waals surface area contributed by atoms with Crippen LogP contribution in [-0.4, -0.2) is 44.1 Å². The predicted molar refractivity (Wildman–Crippen MR) is 96.4 cm³/mol. The lowest BCUT2D eigenvalue weighted by atomic mass is 9.78. The summed E-state index contributed by atoms with van der Waals surface area (Å²) in [5.41, 5.74) is 1.42. The second-order valence-electron chi connectivity index (χ2n) is 7.43. The smallest absolute Gasteiger partial charge is 0.237 e. The van der Waals surface area contributed by atoms with Crippen LogP contribution in [0.3, 0.4) is 0 Å². The molecule has 1 aliphatic heterocycles. The Kier molecular flexibility index (Phi) is 5.44. The molecule has 0 radical (unpaired) electrons. The van der Waals surface area contributed by atoms with Crippen LogP contribution in [0.15, 0.2) is 24.3 Å². The molecule has 2 fully saturated rings. The fraction of sp³-hybridized carbons (Fsp3) is 0.650. The molecule has 1 saturated heterocycles. The van der Waals surface area contributed by atoms with Crippen molar-refractivity contribution in [3.05, 3.63) is 29.8 Å². The van der Waals surface area contributed by atoms with Crippen LogP contribution in [0.5, 0.6) is 5.75 Å². The van der Waals surface area contributed by atoms with Crippen LogP contribution in [0.1, 0.15) is 50.5 Å². The van der Waals surface area contributed by atoms with Gasteiger partial charge in [0.1, 0.15) is 5.75 Å². The van der Waals surface area contributed by atoms with Crippen LogP contribution in [0.4, 0.5) is 0 Å². The Morgan fingerprint density at radius 3 is 2.54 bits per heavy atom. The zero-order chi connectivity index (χ0) is 17.0. The van der Waals surface area contributed by atoms with Gasteiger partial charge in [-0.15, -0.1) is 0 Å². The number of benzene rings is 1. The molecule has 1 amide bonds. The highest BCUT2D eigenvalue weighted by Gasteiger charge is 2.37. The van der Waals surface area contributed by atoms with E-state index in [9.17, 15) is 4.79 Å². The minimum absolute atomic E-state index is 0.0491. The third kappa shape index (κ3) is 3.59. The number of carbonyl (C=O) groups is 1. The summed E-state index contributed by atoms with van der Waals surface area (Å²) >= 11 is 0. The van der Waals surface area contributed by atoms with E-state index in [2.05, 4.69) is 29.4 Å². The van der Waals surface area contributed by atoms with Crippen LogP contribution < -0.4 is 10.1 Å². The number of piperidine rings is 1. The second kappa shape index (κ2) is 7.56.